The van der Waals surface area contributed by atoms with Crippen LogP contribution in [0, 0.1) is 12.8 Å². The second-order valence-corrected chi connectivity index (χ2v) is 8.21. The first-order chi connectivity index (χ1) is 13.1. The second-order valence-electron chi connectivity index (χ2n) is 6.94. The molecule has 4 rings (SSSR count). The van der Waals surface area contributed by atoms with Crippen LogP contribution in [-0.2, 0) is 11.3 Å². The molecule has 0 atom stereocenters. The monoisotopic (exact) mass is 400 g/mol. The molecule has 1 N–H and O–H groups in total. The van der Waals surface area contributed by atoms with Crippen LogP contribution in [0.2, 0.25) is 5.02 Å². The van der Waals surface area contributed by atoms with Crippen molar-refractivity contribution in [2.45, 2.75) is 26.3 Å². The van der Waals surface area contributed by atoms with Crippen LogP contribution >= 0.6 is 22.9 Å². The number of amides is 1. The number of anilines is 1. The Kier molecular flexibility index (Phi) is 5.38. The molecule has 1 aliphatic rings. The third kappa shape index (κ3) is 4.13. The number of carbonyl (C=O) groups excluding carboxylic acids is 1. The lowest BCUT2D eigenvalue weighted by atomic mass is 9.95. The number of hydrogen-bond acceptors (Lipinski definition) is 5. The summed E-state index contributed by atoms with van der Waals surface area (Å²) in [6.45, 7) is 4.54. The minimum Gasteiger partial charge on any atom is -0.302 e. The Morgan fingerprint density at radius 3 is 2.89 bits per heavy atom. The van der Waals surface area contributed by atoms with Gasteiger partial charge in [0.15, 0.2) is 5.13 Å². The lowest BCUT2D eigenvalue weighted by molar-refractivity contribution is -0.121. The van der Waals surface area contributed by atoms with Crippen molar-refractivity contribution in [3.63, 3.8) is 0 Å². The fourth-order valence-corrected chi connectivity index (χ4v) is 4.44. The molecular weight excluding hydrogens is 380 g/mol. The molecule has 3 heterocycles. The Balaban J connectivity index is 1.37. The van der Waals surface area contributed by atoms with Crippen LogP contribution in [0.5, 0.6) is 0 Å². The second kappa shape index (κ2) is 7.92. The topological polar surface area (TPSA) is 58.1 Å². The molecule has 1 fully saturated rings. The lowest BCUT2D eigenvalue weighted by Crippen LogP contribution is -2.37. The van der Waals surface area contributed by atoms with E-state index in [4.69, 9.17) is 11.6 Å². The molecule has 0 radical (unpaired) electrons. The van der Waals surface area contributed by atoms with Gasteiger partial charge >= 0.3 is 0 Å². The molecule has 5 nitrogen and oxygen atoms in total. The van der Waals surface area contributed by atoms with Crippen LogP contribution in [-0.4, -0.2) is 33.9 Å². The average molecular weight is 401 g/mol. The lowest BCUT2D eigenvalue weighted by Gasteiger charge is -2.31. The number of piperidine rings is 1. The standard InChI is InChI=1S/C20H21ClN4OS/c1-13-12-27-20(23-13)24-19(26)14-6-9-25(10-7-14)11-15-4-5-17(21)16-3-2-8-22-18(15)16/h2-5,8,12,14H,6-7,9-11H2,1H3,(H,23,24,26). The largest absolute Gasteiger partial charge is 0.302 e. The highest BCUT2D eigenvalue weighted by atomic mass is 35.5. The van der Waals surface area contributed by atoms with Crippen LogP contribution in [0.1, 0.15) is 24.1 Å². The van der Waals surface area contributed by atoms with Gasteiger partial charge in [0.1, 0.15) is 0 Å². The van der Waals surface area contributed by atoms with Gasteiger partial charge in [-0.2, -0.15) is 0 Å². The van der Waals surface area contributed by atoms with E-state index < -0.39 is 0 Å². The predicted octanol–water partition coefficient (Wildman–Crippen LogP) is 4.50. The molecule has 2 aromatic heterocycles. The number of rotatable bonds is 4. The number of aryl methyl sites for hydroxylation is 1. The maximum Gasteiger partial charge on any atom is 0.229 e. The third-order valence-electron chi connectivity index (χ3n) is 5.00. The molecule has 27 heavy (non-hydrogen) atoms. The molecule has 0 unspecified atom stereocenters. The van der Waals surface area contributed by atoms with E-state index in [0.717, 1.165) is 54.1 Å². The highest BCUT2D eigenvalue weighted by Crippen LogP contribution is 2.27. The van der Waals surface area contributed by atoms with Crippen molar-refractivity contribution in [2.24, 2.45) is 5.92 Å². The normalized spacial score (nSPS) is 15.9. The van der Waals surface area contributed by atoms with Gasteiger partial charge in [0.05, 0.1) is 11.2 Å². The molecule has 1 amide bonds. The number of hydrogen-bond donors (Lipinski definition) is 1. The summed E-state index contributed by atoms with van der Waals surface area (Å²) in [4.78, 5) is 23.7. The number of thiazole rings is 1. The zero-order valence-corrected chi connectivity index (χ0v) is 16.7. The summed E-state index contributed by atoms with van der Waals surface area (Å²) in [6.07, 6.45) is 3.52. The number of nitrogens with zero attached hydrogens (tertiary/aromatic N) is 3. The van der Waals surface area contributed by atoms with Gasteiger partial charge in [-0.3, -0.25) is 14.7 Å². The van der Waals surface area contributed by atoms with E-state index in [1.807, 2.05) is 30.5 Å². The maximum absolute atomic E-state index is 12.5. The quantitative estimate of drug-likeness (QED) is 0.700. The van der Waals surface area contributed by atoms with Crippen LogP contribution in [0.15, 0.2) is 35.8 Å². The summed E-state index contributed by atoms with van der Waals surface area (Å²) in [6, 6.07) is 7.91. The summed E-state index contributed by atoms with van der Waals surface area (Å²) in [7, 11) is 0. The number of pyridine rings is 1. The molecule has 0 bridgehead atoms. The first-order valence-electron chi connectivity index (χ1n) is 9.07. The zero-order valence-electron chi connectivity index (χ0n) is 15.1. The fraction of sp³-hybridized carbons (Fsp3) is 0.350. The Bertz CT molecular complexity index is 966. The number of nitrogens with one attached hydrogen (secondary N) is 1. The first kappa shape index (κ1) is 18.3. The smallest absolute Gasteiger partial charge is 0.229 e. The summed E-state index contributed by atoms with van der Waals surface area (Å²) in [5, 5.41) is 7.31. The SMILES string of the molecule is Cc1csc(NC(=O)C2CCN(Cc3ccc(Cl)c4cccnc34)CC2)n1. The van der Waals surface area contributed by atoms with Crippen LogP contribution < -0.4 is 5.32 Å². The summed E-state index contributed by atoms with van der Waals surface area (Å²) in [5.74, 6) is 0.133. The molecule has 1 saturated heterocycles. The van der Waals surface area contributed by atoms with Crippen molar-refractivity contribution >= 4 is 44.9 Å². The van der Waals surface area contributed by atoms with Crippen molar-refractivity contribution < 1.29 is 4.79 Å². The van der Waals surface area contributed by atoms with Crippen LogP contribution in [0.3, 0.4) is 0 Å². The molecule has 0 aliphatic carbocycles. The van der Waals surface area contributed by atoms with Gasteiger partial charge in [-0.15, -0.1) is 11.3 Å². The summed E-state index contributed by atoms with van der Waals surface area (Å²) < 4.78 is 0. The molecule has 140 valence electrons. The van der Waals surface area contributed by atoms with Gasteiger partial charge in [-0.25, -0.2) is 4.98 Å². The van der Waals surface area contributed by atoms with E-state index in [1.54, 1.807) is 6.20 Å². The van der Waals surface area contributed by atoms with Gasteiger partial charge in [0.25, 0.3) is 0 Å². The third-order valence-corrected chi connectivity index (χ3v) is 6.21. The molecule has 7 heteroatoms. The number of halogens is 1. The Labute approximate surface area is 167 Å². The minimum atomic E-state index is 0.0468. The van der Waals surface area contributed by atoms with Crippen molar-refractivity contribution in [3.8, 4) is 0 Å². The van der Waals surface area contributed by atoms with Gasteiger partial charge in [-0.1, -0.05) is 17.7 Å². The maximum atomic E-state index is 12.5. The number of likely N-dealkylation sites (tertiary alicyclic amines) is 1. The molecule has 3 aromatic rings. The number of carbonyl (C=O) groups is 1. The summed E-state index contributed by atoms with van der Waals surface area (Å²) in [5.41, 5.74) is 3.08. The van der Waals surface area contributed by atoms with Crippen molar-refractivity contribution in [1.29, 1.82) is 0 Å². The molecule has 0 spiro atoms. The van der Waals surface area contributed by atoms with E-state index in [1.165, 1.54) is 16.9 Å². The zero-order chi connectivity index (χ0) is 18.8. The van der Waals surface area contributed by atoms with Gasteiger partial charge in [0, 0.05) is 34.4 Å². The predicted molar refractivity (Wildman–Crippen MR) is 110 cm³/mol. The van der Waals surface area contributed by atoms with Gasteiger partial charge < -0.3 is 5.32 Å². The van der Waals surface area contributed by atoms with Gasteiger partial charge in [-0.05, 0) is 56.6 Å². The van der Waals surface area contributed by atoms with E-state index in [0.29, 0.717) is 5.13 Å². The van der Waals surface area contributed by atoms with E-state index in [2.05, 4.69) is 26.3 Å². The summed E-state index contributed by atoms with van der Waals surface area (Å²) >= 11 is 7.77. The van der Waals surface area contributed by atoms with Crippen molar-refractivity contribution in [3.05, 3.63) is 52.1 Å². The Hall–Kier alpha value is -2.02. The van der Waals surface area contributed by atoms with E-state index in [9.17, 15) is 4.79 Å². The van der Waals surface area contributed by atoms with Gasteiger partial charge in [0.2, 0.25) is 5.91 Å². The highest BCUT2D eigenvalue weighted by molar-refractivity contribution is 7.13. The average Bonchev–Trinajstić information content (AvgIpc) is 3.09. The minimum absolute atomic E-state index is 0.0468. The Morgan fingerprint density at radius 2 is 2.15 bits per heavy atom. The van der Waals surface area contributed by atoms with Crippen molar-refractivity contribution in [2.75, 3.05) is 18.4 Å². The number of fused-ring (bicyclic) bond motifs is 1. The van der Waals surface area contributed by atoms with E-state index in [-0.39, 0.29) is 11.8 Å². The van der Waals surface area contributed by atoms with Crippen LogP contribution in [0.25, 0.3) is 10.9 Å². The number of aromatic nitrogens is 2. The highest BCUT2D eigenvalue weighted by Gasteiger charge is 2.26. The Morgan fingerprint density at radius 1 is 1.33 bits per heavy atom. The molecule has 1 aliphatic heterocycles. The molecular formula is C20H21ClN4OS. The molecule has 0 saturated carbocycles. The van der Waals surface area contributed by atoms with E-state index >= 15 is 0 Å². The van der Waals surface area contributed by atoms with Crippen LogP contribution in [0.4, 0.5) is 5.13 Å². The number of benzene rings is 1. The fourth-order valence-electron chi connectivity index (χ4n) is 3.54. The first-order valence-corrected chi connectivity index (χ1v) is 10.3. The van der Waals surface area contributed by atoms with Crippen molar-refractivity contribution in [1.82, 2.24) is 14.9 Å². The molecule has 1 aromatic carbocycles.